The SMILES string of the molecule is Fc1ccc(OCc2ccc(C=NNc3nc(-c4ccccc4)cs3)cc2)c(F)c1F. The molecule has 0 saturated heterocycles. The van der Waals surface area contributed by atoms with E-state index in [-0.39, 0.29) is 12.4 Å². The highest BCUT2D eigenvalue weighted by Gasteiger charge is 2.14. The van der Waals surface area contributed by atoms with Crippen molar-refractivity contribution < 1.29 is 17.9 Å². The van der Waals surface area contributed by atoms with Crippen LogP contribution in [0.15, 0.2) is 77.2 Å². The normalized spacial score (nSPS) is 11.1. The zero-order valence-electron chi connectivity index (χ0n) is 16.1. The molecule has 0 aliphatic rings. The summed E-state index contributed by atoms with van der Waals surface area (Å²) in [5.74, 6) is -4.48. The summed E-state index contributed by atoms with van der Waals surface area (Å²) in [6, 6.07) is 18.9. The van der Waals surface area contributed by atoms with Gasteiger partial charge in [0.25, 0.3) is 0 Å². The van der Waals surface area contributed by atoms with Gasteiger partial charge in [-0.15, -0.1) is 11.3 Å². The summed E-state index contributed by atoms with van der Waals surface area (Å²) in [7, 11) is 0. The molecule has 0 spiro atoms. The molecule has 0 fully saturated rings. The number of nitrogens with zero attached hydrogens (tertiary/aromatic N) is 2. The lowest BCUT2D eigenvalue weighted by atomic mass is 10.1. The Kier molecular flexibility index (Phi) is 6.28. The third kappa shape index (κ3) is 5.10. The molecule has 0 atom stereocenters. The lowest BCUT2D eigenvalue weighted by molar-refractivity contribution is 0.281. The first-order chi connectivity index (χ1) is 15.1. The standard InChI is InChI=1S/C23H16F3N3OS/c24-18-10-11-20(22(26)21(18)25)30-13-16-8-6-15(7-9-16)12-27-29-23-28-19(14-31-23)17-4-2-1-3-5-17/h1-12,14H,13H2,(H,28,29). The Morgan fingerprint density at radius 3 is 2.48 bits per heavy atom. The molecule has 1 aromatic heterocycles. The molecular weight excluding hydrogens is 423 g/mol. The molecule has 4 rings (SSSR count). The van der Waals surface area contributed by atoms with E-state index in [2.05, 4.69) is 15.5 Å². The molecule has 0 aliphatic carbocycles. The van der Waals surface area contributed by atoms with Gasteiger partial charge in [-0.1, -0.05) is 54.6 Å². The molecular formula is C23H16F3N3OS. The first kappa shape index (κ1) is 20.6. The zero-order chi connectivity index (χ0) is 21.6. The number of benzene rings is 3. The van der Waals surface area contributed by atoms with Gasteiger partial charge in [-0.2, -0.15) is 9.49 Å². The van der Waals surface area contributed by atoms with Crippen molar-refractivity contribution in [1.29, 1.82) is 0 Å². The summed E-state index contributed by atoms with van der Waals surface area (Å²) in [4.78, 5) is 4.49. The molecule has 8 heteroatoms. The van der Waals surface area contributed by atoms with Crippen molar-refractivity contribution in [3.63, 3.8) is 0 Å². The van der Waals surface area contributed by atoms with Crippen LogP contribution in [0.1, 0.15) is 11.1 Å². The lowest BCUT2D eigenvalue weighted by Crippen LogP contribution is -2.00. The number of thiazole rings is 1. The monoisotopic (exact) mass is 439 g/mol. The van der Waals surface area contributed by atoms with Gasteiger partial charge in [0.1, 0.15) is 6.61 Å². The van der Waals surface area contributed by atoms with E-state index in [4.69, 9.17) is 4.74 Å². The number of anilines is 1. The van der Waals surface area contributed by atoms with E-state index >= 15 is 0 Å². The molecule has 4 aromatic rings. The van der Waals surface area contributed by atoms with Crippen LogP contribution in [0.25, 0.3) is 11.3 Å². The van der Waals surface area contributed by atoms with Gasteiger partial charge in [-0.3, -0.25) is 5.43 Å². The van der Waals surface area contributed by atoms with Gasteiger partial charge in [0, 0.05) is 10.9 Å². The van der Waals surface area contributed by atoms with Crippen molar-refractivity contribution in [3.8, 4) is 17.0 Å². The minimum Gasteiger partial charge on any atom is -0.486 e. The van der Waals surface area contributed by atoms with Crippen LogP contribution in [-0.4, -0.2) is 11.2 Å². The lowest BCUT2D eigenvalue weighted by Gasteiger charge is -2.08. The first-order valence-electron chi connectivity index (χ1n) is 9.25. The fourth-order valence-electron chi connectivity index (χ4n) is 2.71. The van der Waals surface area contributed by atoms with Crippen molar-refractivity contribution in [3.05, 3.63) is 101 Å². The summed E-state index contributed by atoms with van der Waals surface area (Å²) in [5.41, 5.74) is 6.39. The Labute approximate surface area is 180 Å². The number of hydrogen-bond donors (Lipinski definition) is 1. The smallest absolute Gasteiger partial charge is 0.203 e. The van der Waals surface area contributed by atoms with E-state index in [0.29, 0.717) is 5.13 Å². The topological polar surface area (TPSA) is 46.5 Å². The predicted molar refractivity (Wildman–Crippen MR) is 116 cm³/mol. The minimum absolute atomic E-state index is 0.0129. The van der Waals surface area contributed by atoms with Crippen molar-refractivity contribution in [1.82, 2.24) is 4.98 Å². The number of halogens is 3. The minimum atomic E-state index is -1.55. The summed E-state index contributed by atoms with van der Waals surface area (Å²) in [6.07, 6.45) is 1.64. The van der Waals surface area contributed by atoms with Crippen LogP contribution in [0, 0.1) is 17.5 Å². The molecule has 0 unspecified atom stereocenters. The van der Waals surface area contributed by atoms with Gasteiger partial charge < -0.3 is 4.74 Å². The van der Waals surface area contributed by atoms with Crippen LogP contribution in [0.5, 0.6) is 5.75 Å². The summed E-state index contributed by atoms with van der Waals surface area (Å²) >= 11 is 1.46. The van der Waals surface area contributed by atoms with Gasteiger partial charge >= 0.3 is 0 Å². The average molecular weight is 439 g/mol. The highest BCUT2D eigenvalue weighted by Crippen LogP contribution is 2.25. The number of aromatic nitrogens is 1. The van der Waals surface area contributed by atoms with E-state index in [0.717, 1.165) is 34.5 Å². The number of hydrazone groups is 1. The van der Waals surface area contributed by atoms with Gasteiger partial charge in [0.2, 0.25) is 10.9 Å². The molecule has 0 aliphatic heterocycles. The highest BCUT2D eigenvalue weighted by atomic mass is 32.1. The summed E-state index contributed by atoms with van der Waals surface area (Å²) in [6.45, 7) is 0.0129. The molecule has 0 saturated carbocycles. The van der Waals surface area contributed by atoms with Crippen LogP contribution in [0.4, 0.5) is 18.3 Å². The Hall–Kier alpha value is -3.65. The maximum atomic E-state index is 13.6. The number of ether oxygens (including phenoxy) is 1. The van der Waals surface area contributed by atoms with Gasteiger partial charge in [-0.25, -0.2) is 13.8 Å². The third-order valence-corrected chi connectivity index (χ3v) is 5.07. The molecule has 0 bridgehead atoms. The molecule has 1 N–H and O–H groups in total. The van der Waals surface area contributed by atoms with E-state index < -0.39 is 17.5 Å². The predicted octanol–water partition coefficient (Wildman–Crippen LogP) is 6.25. The average Bonchev–Trinajstić information content (AvgIpc) is 3.27. The fraction of sp³-hybridized carbons (Fsp3) is 0.0435. The molecule has 4 nitrogen and oxygen atoms in total. The largest absolute Gasteiger partial charge is 0.486 e. The first-order valence-corrected chi connectivity index (χ1v) is 10.1. The number of nitrogens with one attached hydrogen (secondary N) is 1. The van der Waals surface area contributed by atoms with E-state index in [1.807, 2.05) is 47.8 Å². The van der Waals surface area contributed by atoms with Gasteiger partial charge in [0.15, 0.2) is 17.4 Å². The third-order valence-electron chi connectivity index (χ3n) is 4.32. The number of hydrogen-bond acceptors (Lipinski definition) is 5. The van der Waals surface area contributed by atoms with Gasteiger partial charge in [0.05, 0.1) is 11.9 Å². The fourth-order valence-corrected chi connectivity index (χ4v) is 3.38. The Bertz CT molecular complexity index is 1190. The summed E-state index contributed by atoms with van der Waals surface area (Å²) in [5, 5.41) is 6.82. The summed E-state index contributed by atoms with van der Waals surface area (Å²) < 4.78 is 45.1. The van der Waals surface area contributed by atoms with Crippen LogP contribution in [-0.2, 0) is 6.61 Å². The van der Waals surface area contributed by atoms with Crippen molar-refractivity contribution >= 4 is 22.7 Å². The molecule has 0 amide bonds. The van der Waals surface area contributed by atoms with Crippen LogP contribution in [0.3, 0.4) is 0 Å². The Morgan fingerprint density at radius 1 is 0.935 bits per heavy atom. The maximum Gasteiger partial charge on any atom is 0.203 e. The molecule has 156 valence electrons. The quantitative estimate of drug-likeness (QED) is 0.210. The van der Waals surface area contributed by atoms with E-state index in [9.17, 15) is 13.2 Å². The second-order valence-corrected chi connectivity index (χ2v) is 7.34. The zero-order valence-corrected chi connectivity index (χ0v) is 16.9. The maximum absolute atomic E-state index is 13.6. The second-order valence-electron chi connectivity index (χ2n) is 6.48. The Balaban J connectivity index is 1.32. The van der Waals surface area contributed by atoms with E-state index in [1.54, 1.807) is 18.3 Å². The van der Waals surface area contributed by atoms with Gasteiger partial charge in [-0.05, 0) is 23.3 Å². The number of rotatable bonds is 7. The molecule has 0 radical (unpaired) electrons. The molecule has 31 heavy (non-hydrogen) atoms. The van der Waals surface area contributed by atoms with Crippen molar-refractivity contribution in [2.75, 3.05) is 5.43 Å². The Morgan fingerprint density at radius 2 is 1.71 bits per heavy atom. The van der Waals surface area contributed by atoms with Crippen LogP contribution < -0.4 is 10.2 Å². The molecule has 1 heterocycles. The van der Waals surface area contributed by atoms with Crippen molar-refractivity contribution in [2.45, 2.75) is 6.61 Å². The van der Waals surface area contributed by atoms with E-state index in [1.165, 1.54) is 11.3 Å². The second kappa shape index (κ2) is 9.44. The van der Waals surface area contributed by atoms with Crippen LogP contribution >= 0.6 is 11.3 Å². The van der Waals surface area contributed by atoms with Crippen molar-refractivity contribution in [2.24, 2.45) is 5.10 Å². The molecule has 3 aromatic carbocycles. The van der Waals surface area contributed by atoms with Crippen LogP contribution in [0.2, 0.25) is 0 Å². The highest BCUT2D eigenvalue weighted by molar-refractivity contribution is 7.14.